The molecular weight excluding hydrogens is 636 g/mol. The van der Waals surface area contributed by atoms with Crippen LogP contribution >= 0.6 is 0 Å². The zero-order valence-electron chi connectivity index (χ0n) is 29.1. The Morgan fingerprint density at radius 1 is 0.765 bits per heavy atom. The van der Waals surface area contributed by atoms with Crippen LogP contribution in [0, 0.1) is 5.92 Å². The standard InChI is InChI=1S/C43H46N4O4/c1-31-40(29-47-23-21-46(22-24-47)28-32-7-3-2-4-8-32)50-43(51-41(31)36-14-12-33(30-48)13-15-36)37-18-16-35(17-19-37)38-10-5-9-34(25-38)26-45-42(49)39-11-6-20-44-27-39/h2-20,25,27,31,40-41,43,48H,21-24,26,28-30H2,1H3,(H,45,49)/t31-,40+,41+,43+/m0/s1. The number of hydrogen-bond acceptors (Lipinski definition) is 7. The predicted molar refractivity (Wildman–Crippen MR) is 198 cm³/mol. The summed E-state index contributed by atoms with van der Waals surface area (Å²) in [5, 5.41) is 12.6. The number of benzene rings is 4. The monoisotopic (exact) mass is 682 g/mol. The molecular formula is C43H46N4O4. The molecule has 2 aliphatic heterocycles. The van der Waals surface area contributed by atoms with E-state index in [2.05, 4.69) is 106 Å². The van der Waals surface area contributed by atoms with Gasteiger partial charge in [-0.25, -0.2) is 0 Å². The lowest BCUT2D eigenvalue weighted by atomic mass is 9.89. The van der Waals surface area contributed by atoms with Crippen LogP contribution in [0.2, 0.25) is 0 Å². The van der Waals surface area contributed by atoms with Crippen LogP contribution in [-0.2, 0) is 29.2 Å². The number of nitrogens with one attached hydrogen (secondary N) is 1. The molecule has 51 heavy (non-hydrogen) atoms. The number of aliphatic hydroxyl groups is 1. The Balaban J connectivity index is 1.03. The zero-order valence-corrected chi connectivity index (χ0v) is 29.1. The molecule has 5 aromatic rings. The normalized spacial score (nSPS) is 21.3. The minimum Gasteiger partial charge on any atom is -0.392 e. The molecule has 262 valence electrons. The summed E-state index contributed by atoms with van der Waals surface area (Å²) in [6.45, 7) is 8.55. The SMILES string of the molecule is C[C@H]1[C@@H](CN2CCN(Cc3ccccc3)CC2)O[C@@H](c2ccc(-c3cccc(CNC(=O)c4cccnc4)c3)cc2)O[C@H]1c1ccc(CO)cc1. The number of amides is 1. The van der Waals surface area contributed by atoms with Gasteiger partial charge in [-0.1, -0.05) is 104 Å². The van der Waals surface area contributed by atoms with Crippen LogP contribution in [-0.4, -0.2) is 64.6 Å². The summed E-state index contributed by atoms with van der Waals surface area (Å²) in [5.74, 6) is -0.0184. The molecule has 0 saturated carbocycles. The second kappa shape index (κ2) is 16.5. The van der Waals surface area contributed by atoms with E-state index in [9.17, 15) is 9.90 Å². The third kappa shape index (κ3) is 8.79. The number of carbonyl (C=O) groups is 1. The Labute approximate surface area is 300 Å². The molecule has 4 aromatic carbocycles. The Morgan fingerprint density at radius 3 is 2.22 bits per heavy atom. The first-order chi connectivity index (χ1) is 25.0. The Kier molecular flexibility index (Phi) is 11.3. The average Bonchev–Trinajstić information content (AvgIpc) is 3.19. The quantitative estimate of drug-likeness (QED) is 0.159. The first-order valence-corrected chi connectivity index (χ1v) is 17.9. The number of hydrogen-bond donors (Lipinski definition) is 2. The Hall–Kier alpha value is -4.70. The van der Waals surface area contributed by atoms with Gasteiger partial charge in [0.2, 0.25) is 0 Å². The maximum absolute atomic E-state index is 12.5. The summed E-state index contributed by atoms with van der Waals surface area (Å²) < 4.78 is 13.5. The maximum Gasteiger partial charge on any atom is 0.253 e. The van der Waals surface area contributed by atoms with Crippen molar-refractivity contribution in [3.05, 3.63) is 161 Å². The lowest BCUT2D eigenvalue weighted by molar-refractivity contribution is -0.276. The average molecular weight is 683 g/mol. The number of carbonyl (C=O) groups excluding carboxylic acids is 1. The van der Waals surface area contributed by atoms with Crippen molar-refractivity contribution in [2.24, 2.45) is 5.92 Å². The fraction of sp³-hybridized carbons (Fsp3) is 0.302. The second-order valence-corrected chi connectivity index (χ2v) is 13.6. The van der Waals surface area contributed by atoms with Gasteiger partial charge in [0.05, 0.1) is 24.4 Å². The number of piperazine rings is 1. The Morgan fingerprint density at radius 2 is 1.49 bits per heavy atom. The van der Waals surface area contributed by atoms with Crippen molar-refractivity contribution in [1.82, 2.24) is 20.1 Å². The van der Waals surface area contributed by atoms with Gasteiger partial charge in [0, 0.05) is 69.7 Å². The van der Waals surface area contributed by atoms with Crippen molar-refractivity contribution in [2.45, 2.75) is 45.1 Å². The third-order valence-electron chi connectivity index (χ3n) is 10.1. The van der Waals surface area contributed by atoms with E-state index in [1.165, 1.54) is 5.56 Å². The van der Waals surface area contributed by atoms with Crippen molar-refractivity contribution < 1.29 is 19.4 Å². The fourth-order valence-electron chi connectivity index (χ4n) is 7.03. The largest absolute Gasteiger partial charge is 0.392 e. The van der Waals surface area contributed by atoms with Crippen LogP contribution in [0.25, 0.3) is 11.1 Å². The molecule has 2 fully saturated rings. The van der Waals surface area contributed by atoms with Gasteiger partial charge in [0.15, 0.2) is 6.29 Å². The highest BCUT2D eigenvalue weighted by Gasteiger charge is 2.39. The molecule has 2 N–H and O–H groups in total. The van der Waals surface area contributed by atoms with Gasteiger partial charge in [-0.05, 0) is 51.6 Å². The molecule has 2 saturated heterocycles. The van der Waals surface area contributed by atoms with Gasteiger partial charge in [0.1, 0.15) is 0 Å². The van der Waals surface area contributed by atoms with Crippen LogP contribution in [0.3, 0.4) is 0 Å². The molecule has 1 amide bonds. The van der Waals surface area contributed by atoms with E-state index in [4.69, 9.17) is 9.47 Å². The molecule has 4 atom stereocenters. The van der Waals surface area contributed by atoms with E-state index in [0.29, 0.717) is 12.1 Å². The maximum atomic E-state index is 12.5. The minimum absolute atomic E-state index is 0.0151. The van der Waals surface area contributed by atoms with Gasteiger partial charge in [-0.2, -0.15) is 0 Å². The van der Waals surface area contributed by atoms with Crippen molar-refractivity contribution >= 4 is 5.91 Å². The van der Waals surface area contributed by atoms with E-state index < -0.39 is 6.29 Å². The van der Waals surface area contributed by atoms with Crippen LogP contribution in [0.1, 0.15) is 57.5 Å². The third-order valence-corrected chi connectivity index (χ3v) is 10.1. The summed E-state index contributed by atoms with van der Waals surface area (Å²) in [7, 11) is 0. The number of rotatable bonds is 11. The van der Waals surface area contributed by atoms with Crippen LogP contribution in [0.15, 0.2) is 128 Å². The summed E-state index contributed by atoms with van der Waals surface area (Å²) >= 11 is 0. The van der Waals surface area contributed by atoms with Gasteiger partial charge >= 0.3 is 0 Å². The smallest absolute Gasteiger partial charge is 0.253 e. The Bertz CT molecular complexity index is 1850. The first kappa shape index (κ1) is 34.7. The number of aliphatic hydroxyl groups excluding tert-OH is 1. The second-order valence-electron chi connectivity index (χ2n) is 13.6. The van der Waals surface area contributed by atoms with Gasteiger partial charge < -0.3 is 19.9 Å². The predicted octanol–water partition coefficient (Wildman–Crippen LogP) is 6.78. The highest BCUT2D eigenvalue weighted by atomic mass is 16.7. The molecule has 0 bridgehead atoms. The van der Waals surface area contributed by atoms with Gasteiger partial charge in [-0.3, -0.25) is 19.6 Å². The number of pyridine rings is 1. The zero-order chi connectivity index (χ0) is 35.0. The molecule has 0 aliphatic carbocycles. The molecule has 1 aromatic heterocycles. The van der Waals surface area contributed by atoms with Crippen LogP contribution in [0.4, 0.5) is 0 Å². The highest BCUT2D eigenvalue weighted by Crippen LogP contribution is 2.42. The summed E-state index contributed by atoms with van der Waals surface area (Å²) in [6.07, 6.45) is 2.53. The highest BCUT2D eigenvalue weighted by molar-refractivity contribution is 5.93. The molecule has 8 nitrogen and oxygen atoms in total. The van der Waals surface area contributed by atoms with E-state index in [1.807, 2.05) is 24.3 Å². The molecule has 3 heterocycles. The minimum atomic E-state index is -0.517. The van der Waals surface area contributed by atoms with E-state index >= 15 is 0 Å². The molecule has 0 unspecified atom stereocenters. The van der Waals surface area contributed by atoms with Crippen molar-refractivity contribution in [3.8, 4) is 11.1 Å². The van der Waals surface area contributed by atoms with Crippen LogP contribution < -0.4 is 5.32 Å². The van der Waals surface area contributed by atoms with Crippen molar-refractivity contribution in [1.29, 1.82) is 0 Å². The van der Waals surface area contributed by atoms with E-state index in [0.717, 1.165) is 72.6 Å². The molecule has 0 spiro atoms. The van der Waals surface area contributed by atoms with Gasteiger partial charge in [-0.15, -0.1) is 0 Å². The van der Waals surface area contributed by atoms with E-state index in [1.54, 1.807) is 24.5 Å². The van der Waals surface area contributed by atoms with Gasteiger partial charge in [0.25, 0.3) is 5.91 Å². The first-order valence-electron chi connectivity index (χ1n) is 17.9. The lowest BCUT2D eigenvalue weighted by Gasteiger charge is -2.44. The number of nitrogens with zero attached hydrogens (tertiary/aromatic N) is 3. The number of ether oxygens (including phenoxy) is 2. The van der Waals surface area contributed by atoms with E-state index in [-0.39, 0.29) is 30.6 Å². The lowest BCUT2D eigenvalue weighted by Crippen LogP contribution is -2.51. The van der Waals surface area contributed by atoms with Crippen LogP contribution in [0.5, 0.6) is 0 Å². The molecule has 0 radical (unpaired) electrons. The number of aromatic nitrogens is 1. The summed E-state index contributed by atoms with van der Waals surface area (Å²) in [6, 6.07) is 38.9. The topological polar surface area (TPSA) is 87.2 Å². The molecule has 2 aliphatic rings. The van der Waals surface area contributed by atoms with Crippen molar-refractivity contribution in [3.63, 3.8) is 0 Å². The summed E-state index contributed by atoms with van der Waals surface area (Å²) in [5.41, 5.74) is 8.00. The van der Waals surface area contributed by atoms with Crippen molar-refractivity contribution in [2.75, 3.05) is 32.7 Å². The summed E-state index contributed by atoms with van der Waals surface area (Å²) in [4.78, 5) is 21.6. The molecule has 7 rings (SSSR count). The molecule has 8 heteroatoms. The fourth-order valence-corrected chi connectivity index (χ4v) is 7.03.